The van der Waals surface area contributed by atoms with Gasteiger partial charge in [-0.2, -0.15) is 35.1 Å². The maximum atomic E-state index is 13.8. The predicted molar refractivity (Wildman–Crippen MR) is 167 cm³/mol. The molecule has 0 radical (unpaired) electrons. The third-order valence-corrected chi connectivity index (χ3v) is 7.50. The largest absolute Gasteiger partial charge is 0.416 e. The van der Waals surface area contributed by atoms with Crippen LogP contribution in [0.15, 0.2) is 67.0 Å². The molecule has 0 fully saturated rings. The molecule has 2 aromatic carbocycles. The predicted octanol–water partition coefficient (Wildman–Crippen LogP) is 4.65. The second-order valence-corrected chi connectivity index (χ2v) is 11.6. The van der Waals surface area contributed by atoms with Gasteiger partial charge in [-0.1, -0.05) is 36.4 Å². The summed E-state index contributed by atoms with van der Waals surface area (Å²) in [5.74, 6) is -2.30. The fraction of sp³-hybridized carbons (Fsp3) is 0.367. The first-order chi connectivity index (χ1) is 20.2. The van der Waals surface area contributed by atoms with E-state index < -0.39 is 33.5 Å². The molecule has 0 aliphatic rings. The van der Waals surface area contributed by atoms with E-state index in [0.717, 1.165) is 28.3 Å². The fourth-order valence-corrected chi connectivity index (χ4v) is 5.12. The summed E-state index contributed by atoms with van der Waals surface area (Å²) in [6.45, 7) is 4.21. The van der Waals surface area contributed by atoms with Crippen molar-refractivity contribution in [3.8, 4) is 11.1 Å². The topological polar surface area (TPSA) is 129 Å². The van der Waals surface area contributed by atoms with E-state index in [4.69, 9.17) is 4.55 Å². The van der Waals surface area contributed by atoms with Crippen molar-refractivity contribution < 1.29 is 35.7 Å². The van der Waals surface area contributed by atoms with E-state index in [1.807, 2.05) is 49.1 Å². The van der Waals surface area contributed by atoms with Gasteiger partial charge in [0.25, 0.3) is 10.1 Å². The lowest BCUT2D eigenvalue weighted by Gasteiger charge is -2.31. The van der Waals surface area contributed by atoms with Crippen LogP contribution in [0, 0.1) is 6.92 Å². The maximum Gasteiger partial charge on any atom is 0.416 e. The van der Waals surface area contributed by atoms with Crippen LogP contribution >= 0.6 is 13.5 Å². The van der Waals surface area contributed by atoms with Gasteiger partial charge in [-0.3, -0.25) is 24.0 Å². The van der Waals surface area contributed by atoms with E-state index in [-0.39, 0.29) is 57.1 Å². The number of benzene rings is 2. The molecule has 14 heteroatoms. The lowest BCUT2D eigenvalue weighted by Crippen LogP contribution is -2.37. The minimum Gasteiger partial charge on any atom is -0.354 e. The zero-order chi connectivity index (χ0) is 31.6. The van der Waals surface area contributed by atoms with Crippen molar-refractivity contribution in [2.75, 3.05) is 25.4 Å². The molecule has 1 atom stereocenters. The van der Waals surface area contributed by atoms with E-state index in [1.54, 1.807) is 18.5 Å². The van der Waals surface area contributed by atoms with E-state index in [2.05, 4.69) is 15.6 Å². The van der Waals surface area contributed by atoms with Gasteiger partial charge in [-0.05, 0) is 72.8 Å². The van der Waals surface area contributed by atoms with Crippen molar-refractivity contribution in [1.29, 1.82) is 0 Å². The number of carbonyl (C=O) groups is 2. The molecule has 3 rings (SSSR count). The first kappa shape index (κ1) is 36.7. The van der Waals surface area contributed by atoms with Crippen molar-refractivity contribution >= 4 is 35.4 Å². The second kappa shape index (κ2) is 16.6. The summed E-state index contributed by atoms with van der Waals surface area (Å²) < 4.78 is 71.5. The average molecular weight is 655 g/mol. The van der Waals surface area contributed by atoms with Gasteiger partial charge in [-0.25, -0.2) is 0 Å². The van der Waals surface area contributed by atoms with Gasteiger partial charge in [0.05, 0.1) is 5.56 Å². The van der Waals surface area contributed by atoms with Gasteiger partial charge in [0.15, 0.2) is 5.75 Å². The van der Waals surface area contributed by atoms with Gasteiger partial charge in [0, 0.05) is 44.5 Å². The Morgan fingerprint density at radius 3 is 2.36 bits per heavy atom. The summed E-state index contributed by atoms with van der Waals surface area (Å²) >= 11 is 0. The van der Waals surface area contributed by atoms with Crippen LogP contribution in [0.3, 0.4) is 0 Å². The summed E-state index contributed by atoms with van der Waals surface area (Å²) in [7, 11) is -4.45. The van der Waals surface area contributed by atoms with Gasteiger partial charge >= 0.3 is 6.18 Å². The Bertz CT molecular complexity index is 1520. The molecule has 1 aromatic heterocycles. The molecule has 0 saturated heterocycles. The standard InChI is InChI=1S/C30H35F3N4O5S.H2S/c1-21-18-34-13-12-26(21)24-9-5-8-23(17-24)22(2)37(19-25-7-3-4-10-27(25)30(31,32)33)16-6-11-28(38)35-14-15-36-29(39)20-43(40,41)42;/h3-5,7-10,12-13,17-18,22H,6,11,14-16,19-20H2,1-2H3,(H,35,38)(H,36,39)(H,40,41,42);1H2/t22-;/m0./s1. The highest BCUT2D eigenvalue weighted by Crippen LogP contribution is 2.34. The summed E-state index contributed by atoms with van der Waals surface area (Å²) in [6, 6.07) is 14.9. The Labute approximate surface area is 262 Å². The number of pyridine rings is 1. The average Bonchev–Trinajstić information content (AvgIpc) is 2.93. The second-order valence-electron chi connectivity index (χ2n) is 10.1. The van der Waals surface area contributed by atoms with Crippen molar-refractivity contribution in [1.82, 2.24) is 20.5 Å². The Kier molecular flexibility index (Phi) is 13.8. The molecule has 3 aromatic rings. The molecule has 0 spiro atoms. The normalized spacial score (nSPS) is 12.3. The van der Waals surface area contributed by atoms with Crippen molar-refractivity contribution in [2.45, 2.75) is 45.5 Å². The van der Waals surface area contributed by atoms with Crippen molar-refractivity contribution in [3.05, 3.63) is 89.2 Å². The van der Waals surface area contributed by atoms with E-state index in [0.29, 0.717) is 13.0 Å². The highest BCUT2D eigenvalue weighted by atomic mass is 32.2. The molecule has 2 amide bonds. The minimum atomic E-state index is -4.51. The van der Waals surface area contributed by atoms with E-state index in [9.17, 15) is 31.2 Å². The third kappa shape index (κ3) is 11.6. The lowest BCUT2D eigenvalue weighted by atomic mass is 9.97. The number of halogens is 3. The molecule has 3 N–H and O–H groups in total. The van der Waals surface area contributed by atoms with Crippen LogP contribution in [0.4, 0.5) is 13.2 Å². The molecule has 0 bridgehead atoms. The number of aryl methyl sites for hydroxylation is 1. The summed E-state index contributed by atoms with van der Waals surface area (Å²) in [5, 5.41) is 4.88. The van der Waals surface area contributed by atoms with Gasteiger partial charge in [0.1, 0.15) is 0 Å². The highest BCUT2D eigenvalue weighted by Gasteiger charge is 2.33. The highest BCUT2D eigenvalue weighted by molar-refractivity contribution is 7.86. The van der Waals surface area contributed by atoms with E-state index >= 15 is 0 Å². The minimum absolute atomic E-state index is 0. The van der Waals surface area contributed by atoms with Crippen LogP contribution in [-0.4, -0.2) is 60.1 Å². The van der Waals surface area contributed by atoms with Crippen LogP contribution in [0.25, 0.3) is 11.1 Å². The first-order valence-corrected chi connectivity index (χ1v) is 15.2. The molecule has 240 valence electrons. The fourth-order valence-electron chi connectivity index (χ4n) is 4.69. The number of carbonyl (C=O) groups excluding carboxylic acids is 2. The Balaban J connectivity index is 0.00000675. The maximum absolute atomic E-state index is 13.8. The number of nitrogens with zero attached hydrogens (tertiary/aromatic N) is 2. The molecule has 9 nitrogen and oxygen atoms in total. The van der Waals surface area contributed by atoms with Gasteiger partial charge in [-0.15, -0.1) is 0 Å². The molecular formula is C30H37F3N4O5S2. The van der Waals surface area contributed by atoms with Crippen LogP contribution in [-0.2, 0) is 32.4 Å². The number of hydrogen-bond acceptors (Lipinski definition) is 6. The van der Waals surface area contributed by atoms with Gasteiger partial charge < -0.3 is 10.6 Å². The zero-order valence-electron chi connectivity index (χ0n) is 24.4. The monoisotopic (exact) mass is 654 g/mol. The molecule has 0 aliphatic heterocycles. The van der Waals surface area contributed by atoms with Crippen molar-refractivity contribution in [3.63, 3.8) is 0 Å². The molecule has 44 heavy (non-hydrogen) atoms. The number of alkyl halides is 3. The number of rotatable bonds is 14. The van der Waals surface area contributed by atoms with Crippen LogP contribution < -0.4 is 10.6 Å². The number of hydrogen-bond donors (Lipinski definition) is 3. The number of amides is 2. The van der Waals surface area contributed by atoms with Gasteiger partial charge in [0.2, 0.25) is 11.8 Å². The first-order valence-electron chi connectivity index (χ1n) is 13.6. The quantitative estimate of drug-likeness (QED) is 0.171. The van der Waals surface area contributed by atoms with Crippen LogP contribution in [0.2, 0.25) is 0 Å². The smallest absolute Gasteiger partial charge is 0.354 e. The van der Waals surface area contributed by atoms with Crippen molar-refractivity contribution in [2.24, 2.45) is 0 Å². The summed E-state index contributed by atoms with van der Waals surface area (Å²) in [4.78, 5) is 29.9. The molecular weight excluding hydrogens is 617 g/mol. The molecule has 0 saturated carbocycles. The number of aromatic nitrogens is 1. The van der Waals surface area contributed by atoms with Crippen LogP contribution in [0.1, 0.15) is 48.1 Å². The number of nitrogens with one attached hydrogen (secondary N) is 2. The zero-order valence-corrected chi connectivity index (χ0v) is 26.2. The molecule has 1 heterocycles. The SMILES string of the molecule is Cc1cnccc1-c1cccc([C@H](C)N(CCCC(=O)NCCNC(=O)CS(=O)(=O)O)Cc2ccccc2C(F)(F)F)c1.S. The van der Waals surface area contributed by atoms with E-state index in [1.165, 1.54) is 12.1 Å². The van der Waals surface area contributed by atoms with Crippen LogP contribution in [0.5, 0.6) is 0 Å². The lowest BCUT2D eigenvalue weighted by molar-refractivity contribution is -0.138. The Morgan fingerprint density at radius 1 is 1.02 bits per heavy atom. The Morgan fingerprint density at radius 2 is 1.70 bits per heavy atom. The summed E-state index contributed by atoms with van der Waals surface area (Å²) in [6.07, 6.45) is -0.607. The third-order valence-electron chi connectivity index (χ3n) is 6.88. The molecule has 0 unspecified atom stereocenters. The Hall–Kier alpha value is -3.46. The molecule has 0 aliphatic carbocycles. The summed E-state index contributed by atoms with van der Waals surface area (Å²) in [5.41, 5.74) is 3.29.